The molecule has 0 bridgehead atoms. The second-order valence-corrected chi connectivity index (χ2v) is 8.92. The first-order chi connectivity index (χ1) is 16.1. The van der Waals surface area contributed by atoms with Crippen LogP contribution in [0.15, 0.2) is 78.9 Å². The minimum absolute atomic E-state index is 0.191. The van der Waals surface area contributed by atoms with E-state index in [9.17, 15) is 4.79 Å². The Kier molecular flexibility index (Phi) is 6.10. The van der Waals surface area contributed by atoms with E-state index in [0.29, 0.717) is 24.7 Å². The molecule has 33 heavy (non-hydrogen) atoms. The first kappa shape index (κ1) is 21.6. The predicted octanol–water partition coefficient (Wildman–Crippen LogP) is 6.92. The fourth-order valence-electron chi connectivity index (χ4n) is 4.78. The maximum atomic E-state index is 12.2. The summed E-state index contributed by atoms with van der Waals surface area (Å²) in [6.07, 6.45) is 5.52. The van der Waals surface area contributed by atoms with Crippen LogP contribution in [0.4, 0.5) is 5.69 Å². The fourth-order valence-corrected chi connectivity index (χ4v) is 4.91. The van der Waals surface area contributed by atoms with Crippen LogP contribution in [0.3, 0.4) is 0 Å². The second kappa shape index (κ2) is 9.32. The van der Waals surface area contributed by atoms with Crippen LogP contribution in [0.1, 0.15) is 52.4 Å². The van der Waals surface area contributed by atoms with Gasteiger partial charge in [-0.05, 0) is 78.4 Å². The van der Waals surface area contributed by atoms with Crippen LogP contribution < -0.4 is 10.1 Å². The van der Waals surface area contributed by atoms with Gasteiger partial charge in [-0.25, -0.2) is 4.79 Å². The molecule has 0 fully saturated rings. The lowest BCUT2D eigenvalue weighted by Crippen LogP contribution is -2.29. The number of ether oxygens (including phenoxy) is 2. The highest BCUT2D eigenvalue weighted by Crippen LogP contribution is 2.50. The first-order valence-corrected chi connectivity index (χ1v) is 11.7. The van der Waals surface area contributed by atoms with Gasteiger partial charge < -0.3 is 14.8 Å². The topological polar surface area (TPSA) is 47.6 Å². The first-order valence-electron chi connectivity index (χ1n) is 11.3. The molecule has 0 radical (unpaired) electrons. The Morgan fingerprint density at radius 1 is 1.06 bits per heavy atom. The Morgan fingerprint density at radius 3 is 2.61 bits per heavy atom. The van der Waals surface area contributed by atoms with Crippen LogP contribution in [0.5, 0.6) is 5.75 Å². The van der Waals surface area contributed by atoms with E-state index in [4.69, 9.17) is 21.1 Å². The van der Waals surface area contributed by atoms with Gasteiger partial charge in [-0.1, -0.05) is 48.0 Å². The molecule has 3 aromatic rings. The highest BCUT2D eigenvalue weighted by molar-refractivity contribution is 6.30. The van der Waals surface area contributed by atoms with Gasteiger partial charge in [0.05, 0.1) is 18.2 Å². The van der Waals surface area contributed by atoms with Crippen molar-refractivity contribution in [1.29, 1.82) is 0 Å². The molecule has 1 N–H and O–H groups in total. The zero-order valence-corrected chi connectivity index (χ0v) is 19.2. The Hall–Kier alpha value is -3.24. The number of carbonyl (C=O) groups is 1. The van der Waals surface area contributed by atoms with E-state index in [2.05, 4.69) is 29.6 Å². The van der Waals surface area contributed by atoms with Gasteiger partial charge in [0.1, 0.15) is 12.4 Å². The van der Waals surface area contributed by atoms with E-state index >= 15 is 0 Å². The molecule has 5 rings (SSSR count). The van der Waals surface area contributed by atoms with Crippen molar-refractivity contribution in [2.24, 2.45) is 5.92 Å². The van der Waals surface area contributed by atoms with Gasteiger partial charge in [0.25, 0.3) is 0 Å². The van der Waals surface area contributed by atoms with Gasteiger partial charge in [0.2, 0.25) is 0 Å². The third-order valence-corrected chi connectivity index (χ3v) is 6.68. The highest BCUT2D eigenvalue weighted by Gasteiger charge is 2.38. The van der Waals surface area contributed by atoms with E-state index in [1.165, 1.54) is 11.1 Å². The summed E-state index contributed by atoms with van der Waals surface area (Å²) in [4.78, 5) is 12.2. The molecule has 1 aliphatic heterocycles. The summed E-state index contributed by atoms with van der Waals surface area (Å²) in [6, 6.07) is 22.1. The third kappa shape index (κ3) is 4.49. The van der Waals surface area contributed by atoms with Gasteiger partial charge >= 0.3 is 5.97 Å². The van der Waals surface area contributed by atoms with Crippen molar-refractivity contribution in [3.8, 4) is 5.75 Å². The third-order valence-electron chi connectivity index (χ3n) is 6.43. The summed E-state index contributed by atoms with van der Waals surface area (Å²) in [5.74, 6) is 1.25. The average Bonchev–Trinajstić information content (AvgIpc) is 3.34. The Morgan fingerprint density at radius 2 is 1.85 bits per heavy atom. The SMILES string of the molecule is CCOC(=O)c1ccc2c(c1)[C@@H]1C=CC[C@@H]1[C@H](c1ccc(OCc3ccc(Cl)cc3)cc1)N2. The van der Waals surface area contributed by atoms with Crippen molar-refractivity contribution in [1.82, 2.24) is 0 Å². The van der Waals surface area contributed by atoms with E-state index in [0.717, 1.165) is 28.4 Å². The van der Waals surface area contributed by atoms with E-state index in [1.807, 2.05) is 61.5 Å². The number of anilines is 1. The molecule has 2 aliphatic rings. The second-order valence-electron chi connectivity index (χ2n) is 8.48. The molecule has 0 amide bonds. The van der Waals surface area contributed by atoms with Crippen molar-refractivity contribution in [2.45, 2.75) is 31.9 Å². The molecule has 1 heterocycles. The van der Waals surface area contributed by atoms with Gasteiger partial charge in [0.15, 0.2) is 0 Å². The molecule has 0 aromatic heterocycles. The summed E-state index contributed by atoms with van der Waals surface area (Å²) in [5, 5.41) is 4.44. The number of benzene rings is 3. The summed E-state index contributed by atoms with van der Waals surface area (Å²) < 4.78 is 11.1. The number of hydrogen-bond donors (Lipinski definition) is 1. The van der Waals surface area contributed by atoms with E-state index < -0.39 is 0 Å². The smallest absolute Gasteiger partial charge is 0.338 e. The molecule has 4 nitrogen and oxygen atoms in total. The molecule has 5 heteroatoms. The molecule has 0 saturated heterocycles. The molecule has 3 atom stereocenters. The molecular weight excluding hydrogens is 434 g/mol. The van der Waals surface area contributed by atoms with Crippen molar-refractivity contribution >= 4 is 23.3 Å². The summed E-state index contributed by atoms with van der Waals surface area (Å²) in [5.41, 5.74) is 5.16. The number of nitrogens with one attached hydrogen (secondary N) is 1. The maximum Gasteiger partial charge on any atom is 0.338 e. The van der Waals surface area contributed by atoms with Crippen LogP contribution in [0, 0.1) is 5.92 Å². The molecule has 0 spiro atoms. The fraction of sp³-hybridized carbons (Fsp3) is 0.250. The molecule has 0 saturated carbocycles. The van der Waals surface area contributed by atoms with Crippen LogP contribution >= 0.6 is 11.6 Å². The maximum absolute atomic E-state index is 12.2. The molecule has 168 valence electrons. The number of halogens is 1. The normalized spacial score (nSPS) is 20.5. The van der Waals surface area contributed by atoms with Crippen LogP contribution in [0.25, 0.3) is 0 Å². The standard InChI is InChI=1S/C28H26ClNO3/c1-2-32-28(31)20-10-15-26-25(16-20)23-4-3-5-24(23)27(30-26)19-8-13-22(14-9-19)33-17-18-6-11-21(29)12-7-18/h3-4,6-16,23-24,27,30H,2,5,17H2,1H3/t23-,24+,27+/m1/s1. The van der Waals surface area contributed by atoms with Crippen LogP contribution in [-0.2, 0) is 11.3 Å². The summed E-state index contributed by atoms with van der Waals surface area (Å²) >= 11 is 5.95. The lowest BCUT2D eigenvalue weighted by Gasteiger charge is -2.37. The largest absolute Gasteiger partial charge is 0.489 e. The van der Waals surface area contributed by atoms with Crippen molar-refractivity contribution < 1.29 is 14.3 Å². The minimum atomic E-state index is -0.268. The van der Waals surface area contributed by atoms with Gasteiger partial charge in [-0.15, -0.1) is 0 Å². The number of esters is 1. The summed E-state index contributed by atoms with van der Waals surface area (Å²) in [6.45, 7) is 2.71. The number of carbonyl (C=O) groups excluding carboxylic acids is 1. The summed E-state index contributed by atoms with van der Waals surface area (Å²) in [7, 11) is 0. The Balaban J connectivity index is 1.33. The van der Waals surface area contributed by atoms with Gasteiger partial charge in [-0.2, -0.15) is 0 Å². The highest BCUT2D eigenvalue weighted by atomic mass is 35.5. The van der Waals surface area contributed by atoms with Crippen LogP contribution in [0.2, 0.25) is 5.02 Å². The number of hydrogen-bond acceptors (Lipinski definition) is 4. The zero-order valence-electron chi connectivity index (χ0n) is 18.5. The minimum Gasteiger partial charge on any atom is -0.489 e. The Bertz CT molecular complexity index is 1170. The van der Waals surface area contributed by atoms with Crippen molar-refractivity contribution in [2.75, 3.05) is 11.9 Å². The van der Waals surface area contributed by atoms with Gasteiger partial charge in [0, 0.05) is 16.6 Å². The van der Waals surface area contributed by atoms with E-state index in [1.54, 1.807) is 0 Å². The average molecular weight is 460 g/mol. The zero-order chi connectivity index (χ0) is 22.8. The number of allylic oxidation sites excluding steroid dienone is 2. The van der Waals surface area contributed by atoms with Gasteiger partial charge in [-0.3, -0.25) is 0 Å². The quantitative estimate of drug-likeness (QED) is 0.321. The van der Waals surface area contributed by atoms with Crippen molar-refractivity contribution in [3.63, 3.8) is 0 Å². The molecular formula is C28H26ClNO3. The van der Waals surface area contributed by atoms with Crippen LogP contribution in [-0.4, -0.2) is 12.6 Å². The monoisotopic (exact) mass is 459 g/mol. The lowest BCUT2D eigenvalue weighted by atomic mass is 9.76. The molecule has 1 aliphatic carbocycles. The van der Waals surface area contributed by atoms with Crippen molar-refractivity contribution in [3.05, 3.63) is 106 Å². The lowest BCUT2D eigenvalue weighted by molar-refractivity contribution is 0.0526. The Labute approximate surface area is 199 Å². The van der Waals surface area contributed by atoms with E-state index in [-0.39, 0.29) is 17.9 Å². The number of rotatable bonds is 6. The molecule has 0 unspecified atom stereocenters. The molecule has 3 aromatic carbocycles. The number of fused-ring (bicyclic) bond motifs is 3. The predicted molar refractivity (Wildman–Crippen MR) is 131 cm³/mol.